The molecule has 0 bridgehead atoms. The van der Waals surface area contributed by atoms with Crippen LogP contribution in [0.4, 0.5) is 5.69 Å². The van der Waals surface area contributed by atoms with Crippen LogP contribution in [0.3, 0.4) is 0 Å². The van der Waals surface area contributed by atoms with Crippen LogP contribution in [0.2, 0.25) is 5.02 Å². The van der Waals surface area contributed by atoms with Crippen molar-refractivity contribution >= 4 is 23.2 Å². The minimum atomic E-state index is -0.518. The molecule has 0 aromatic heterocycles. The lowest BCUT2D eigenvalue weighted by Crippen LogP contribution is -2.32. The van der Waals surface area contributed by atoms with Gasteiger partial charge in [-0.2, -0.15) is 0 Å². The largest absolute Gasteiger partial charge is 0.325 e. The van der Waals surface area contributed by atoms with Gasteiger partial charge >= 0.3 is 0 Å². The van der Waals surface area contributed by atoms with Crippen LogP contribution in [-0.2, 0) is 4.79 Å². The molecule has 1 aromatic carbocycles. The van der Waals surface area contributed by atoms with E-state index in [0.29, 0.717) is 10.7 Å². The van der Waals surface area contributed by atoms with Crippen molar-refractivity contribution in [2.24, 2.45) is 5.73 Å². The maximum atomic E-state index is 11.2. The minimum Gasteiger partial charge on any atom is -0.325 e. The normalized spacial score (nSPS) is 12.3. The molecule has 0 aliphatic rings. The van der Waals surface area contributed by atoms with E-state index in [-0.39, 0.29) is 5.91 Å². The van der Waals surface area contributed by atoms with Gasteiger partial charge in [0.25, 0.3) is 0 Å². The standard InChI is InChI=1S/C10H13ClN2O/c1-6-3-4-8(5-9(6)11)13-10(14)7(2)12/h3-5,7H,12H2,1-2H3,(H,13,14)/t7-/m1/s1. The summed E-state index contributed by atoms with van der Waals surface area (Å²) in [5.74, 6) is -0.218. The summed E-state index contributed by atoms with van der Waals surface area (Å²) in [6, 6.07) is 4.83. The summed E-state index contributed by atoms with van der Waals surface area (Å²) >= 11 is 5.89. The number of amides is 1. The zero-order chi connectivity index (χ0) is 10.7. The lowest BCUT2D eigenvalue weighted by molar-refractivity contribution is -0.117. The number of nitrogens with two attached hydrogens (primary N) is 1. The lowest BCUT2D eigenvalue weighted by atomic mass is 10.2. The van der Waals surface area contributed by atoms with Crippen molar-refractivity contribution < 1.29 is 4.79 Å². The molecule has 0 radical (unpaired) electrons. The highest BCUT2D eigenvalue weighted by Gasteiger charge is 2.07. The van der Waals surface area contributed by atoms with Gasteiger partial charge in [-0.05, 0) is 31.5 Å². The van der Waals surface area contributed by atoms with E-state index in [2.05, 4.69) is 5.32 Å². The quantitative estimate of drug-likeness (QED) is 0.787. The van der Waals surface area contributed by atoms with Gasteiger partial charge in [0.1, 0.15) is 0 Å². The van der Waals surface area contributed by atoms with Crippen LogP contribution >= 0.6 is 11.6 Å². The number of rotatable bonds is 2. The van der Waals surface area contributed by atoms with E-state index in [1.54, 1.807) is 19.1 Å². The molecule has 1 rings (SSSR count). The Morgan fingerprint density at radius 2 is 2.21 bits per heavy atom. The van der Waals surface area contributed by atoms with Crippen LogP contribution in [0.1, 0.15) is 12.5 Å². The molecule has 3 N–H and O–H groups in total. The fraction of sp³-hybridized carbons (Fsp3) is 0.300. The average molecular weight is 213 g/mol. The monoisotopic (exact) mass is 212 g/mol. The molecule has 0 saturated heterocycles. The van der Waals surface area contributed by atoms with Crippen LogP contribution in [0.5, 0.6) is 0 Å². The Labute approximate surface area is 88.2 Å². The van der Waals surface area contributed by atoms with Crippen molar-refractivity contribution in [1.82, 2.24) is 0 Å². The number of nitrogens with one attached hydrogen (secondary N) is 1. The lowest BCUT2D eigenvalue weighted by Gasteiger charge is -2.08. The molecular weight excluding hydrogens is 200 g/mol. The van der Waals surface area contributed by atoms with Crippen molar-refractivity contribution in [3.63, 3.8) is 0 Å². The van der Waals surface area contributed by atoms with Crippen molar-refractivity contribution in [3.05, 3.63) is 28.8 Å². The Kier molecular flexibility index (Phi) is 3.49. The zero-order valence-corrected chi connectivity index (χ0v) is 8.93. The highest BCUT2D eigenvalue weighted by molar-refractivity contribution is 6.31. The summed E-state index contributed by atoms with van der Waals surface area (Å²) in [7, 11) is 0. The Bertz CT molecular complexity index is 350. The van der Waals surface area contributed by atoms with Gasteiger partial charge in [0.2, 0.25) is 5.91 Å². The second-order valence-corrected chi connectivity index (χ2v) is 3.65. The Hall–Kier alpha value is -1.06. The summed E-state index contributed by atoms with van der Waals surface area (Å²) < 4.78 is 0. The molecule has 76 valence electrons. The maximum Gasteiger partial charge on any atom is 0.240 e. The Morgan fingerprint density at radius 1 is 1.57 bits per heavy atom. The number of hydrogen-bond donors (Lipinski definition) is 2. The van der Waals surface area contributed by atoms with Crippen LogP contribution in [0.25, 0.3) is 0 Å². The van der Waals surface area contributed by atoms with Crippen LogP contribution in [0, 0.1) is 6.92 Å². The third-order valence-electron chi connectivity index (χ3n) is 1.85. The van der Waals surface area contributed by atoms with E-state index in [1.807, 2.05) is 13.0 Å². The summed E-state index contributed by atoms with van der Waals surface area (Å²) in [6.45, 7) is 3.53. The van der Waals surface area contributed by atoms with Gasteiger partial charge < -0.3 is 11.1 Å². The summed E-state index contributed by atoms with van der Waals surface area (Å²) in [5.41, 5.74) is 7.05. The topological polar surface area (TPSA) is 55.1 Å². The SMILES string of the molecule is Cc1ccc(NC(=O)[C@@H](C)N)cc1Cl. The number of aryl methyl sites for hydroxylation is 1. The van der Waals surface area contributed by atoms with E-state index < -0.39 is 6.04 Å². The van der Waals surface area contributed by atoms with Gasteiger partial charge in [0.05, 0.1) is 6.04 Å². The molecule has 0 fully saturated rings. The highest BCUT2D eigenvalue weighted by atomic mass is 35.5. The minimum absolute atomic E-state index is 0.218. The predicted molar refractivity (Wildman–Crippen MR) is 58.5 cm³/mol. The van der Waals surface area contributed by atoms with Crippen molar-refractivity contribution in [3.8, 4) is 0 Å². The molecule has 4 heteroatoms. The Morgan fingerprint density at radius 3 is 2.71 bits per heavy atom. The number of carbonyl (C=O) groups is 1. The zero-order valence-electron chi connectivity index (χ0n) is 8.17. The second-order valence-electron chi connectivity index (χ2n) is 3.24. The first-order valence-electron chi connectivity index (χ1n) is 4.33. The van der Waals surface area contributed by atoms with E-state index in [1.165, 1.54) is 0 Å². The first-order chi connectivity index (χ1) is 6.50. The first-order valence-corrected chi connectivity index (χ1v) is 4.71. The van der Waals surface area contributed by atoms with E-state index in [0.717, 1.165) is 5.56 Å². The van der Waals surface area contributed by atoms with Crippen LogP contribution < -0.4 is 11.1 Å². The van der Waals surface area contributed by atoms with Crippen molar-refractivity contribution in [1.29, 1.82) is 0 Å². The number of hydrogen-bond acceptors (Lipinski definition) is 2. The van der Waals surface area contributed by atoms with E-state index >= 15 is 0 Å². The smallest absolute Gasteiger partial charge is 0.240 e. The molecule has 0 aliphatic heterocycles. The summed E-state index contributed by atoms with van der Waals surface area (Å²) in [6.07, 6.45) is 0. The summed E-state index contributed by atoms with van der Waals surface area (Å²) in [4.78, 5) is 11.2. The van der Waals surface area contributed by atoms with Gasteiger partial charge in [-0.25, -0.2) is 0 Å². The number of halogens is 1. The predicted octanol–water partition coefficient (Wildman–Crippen LogP) is 1.93. The van der Waals surface area contributed by atoms with Gasteiger partial charge in [-0.1, -0.05) is 17.7 Å². The van der Waals surface area contributed by atoms with Crippen LogP contribution in [-0.4, -0.2) is 11.9 Å². The van der Waals surface area contributed by atoms with E-state index in [9.17, 15) is 4.79 Å². The van der Waals surface area contributed by atoms with E-state index in [4.69, 9.17) is 17.3 Å². The molecule has 0 saturated carbocycles. The molecule has 1 atom stereocenters. The molecule has 1 aromatic rings. The Balaban J connectivity index is 2.78. The summed E-state index contributed by atoms with van der Waals surface area (Å²) in [5, 5.41) is 3.29. The number of carbonyl (C=O) groups excluding carboxylic acids is 1. The fourth-order valence-corrected chi connectivity index (χ4v) is 1.11. The molecule has 0 unspecified atom stereocenters. The molecule has 0 aliphatic carbocycles. The molecule has 0 spiro atoms. The highest BCUT2D eigenvalue weighted by Crippen LogP contribution is 2.19. The molecule has 3 nitrogen and oxygen atoms in total. The molecule has 14 heavy (non-hydrogen) atoms. The number of benzene rings is 1. The third-order valence-corrected chi connectivity index (χ3v) is 2.26. The third kappa shape index (κ3) is 2.72. The average Bonchev–Trinajstić information content (AvgIpc) is 2.11. The van der Waals surface area contributed by atoms with Gasteiger partial charge in [0.15, 0.2) is 0 Å². The fourth-order valence-electron chi connectivity index (χ4n) is 0.927. The van der Waals surface area contributed by atoms with Gasteiger partial charge in [-0.15, -0.1) is 0 Å². The molecule has 0 heterocycles. The maximum absolute atomic E-state index is 11.2. The molecular formula is C10H13ClN2O. The van der Waals surface area contributed by atoms with Crippen molar-refractivity contribution in [2.75, 3.05) is 5.32 Å². The van der Waals surface area contributed by atoms with Gasteiger partial charge in [-0.3, -0.25) is 4.79 Å². The van der Waals surface area contributed by atoms with Crippen molar-refractivity contribution in [2.45, 2.75) is 19.9 Å². The van der Waals surface area contributed by atoms with Gasteiger partial charge in [0, 0.05) is 10.7 Å². The van der Waals surface area contributed by atoms with Crippen LogP contribution in [0.15, 0.2) is 18.2 Å². The molecule has 1 amide bonds. The first kappa shape index (κ1) is 11.0. The second kappa shape index (κ2) is 4.44. The number of anilines is 1.